The number of amides is 1. The van der Waals surface area contributed by atoms with E-state index in [9.17, 15) is 4.79 Å². The number of nitrogens with zero attached hydrogens (tertiary/aromatic N) is 6. The van der Waals surface area contributed by atoms with Crippen molar-refractivity contribution in [2.45, 2.75) is 39.0 Å². The number of carbonyl (C=O) groups is 1. The third-order valence-corrected chi connectivity index (χ3v) is 4.58. The van der Waals surface area contributed by atoms with E-state index in [-0.39, 0.29) is 18.6 Å². The number of fused-ring (bicyclic) bond motifs is 1. The third-order valence-electron chi connectivity index (χ3n) is 4.58. The molecule has 0 radical (unpaired) electrons. The van der Waals surface area contributed by atoms with Gasteiger partial charge in [-0.1, -0.05) is 0 Å². The van der Waals surface area contributed by atoms with Crippen LogP contribution in [-0.4, -0.2) is 69.1 Å². The van der Waals surface area contributed by atoms with Crippen LogP contribution in [-0.2, 0) is 22.6 Å². The van der Waals surface area contributed by atoms with Crippen molar-refractivity contribution < 1.29 is 9.53 Å². The number of rotatable bonds is 7. The lowest BCUT2D eigenvalue weighted by molar-refractivity contribution is -0.134. The molecule has 2 aromatic rings. The predicted octanol–water partition coefficient (Wildman–Crippen LogP) is 1.32. The molecule has 1 aliphatic rings. The average molecular weight is 360 g/mol. The van der Waals surface area contributed by atoms with Crippen molar-refractivity contribution in [3.05, 3.63) is 35.9 Å². The zero-order valence-corrected chi connectivity index (χ0v) is 16.0. The molecule has 3 rings (SSSR count). The molecule has 0 N–H and O–H groups in total. The Labute approximate surface area is 154 Å². The van der Waals surface area contributed by atoms with E-state index >= 15 is 0 Å². The monoisotopic (exact) mass is 360 g/mol. The van der Waals surface area contributed by atoms with Crippen LogP contribution in [0.2, 0.25) is 0 Å². The summed E-state index contributed by atoms with van der Waals surface area (Å²) in [6, 6.07) is 2.51. The van der Waals surface area contributed by atoms with Gasteiger partial charge in [0.25, 0.3) is 0 Å². The van der Waals surface area contributed by atoms with E-state index < -0.39 is 0 Å². The van der Waals surface area contributed by atoms with Crippen molar-refractivity contribution in [3.63, 3.8) is 0 Å². The maximum Gasteiger partial charge on any atom is 0.248 e. The molecule has 0 aromatic carbocycles. The van der Waals surface area contributed by atoms with Crippen molar-refractivity contribution in [3.8, 4) is 0 Å². The molecule has 1 amide bonds. The molecule has 0 fully saturated rings. The normalized spacial score (nSPS) is 17.5. The van der Waals surface area contributed by atoms with Gasteiger partial charge in [-0.25, -0.2) is 0 Å². The molecule has 142 valence electrons. The van der Waals surface area contributed by atoms with Crippen LogP contribution in [0.5, 0.6) is 0 Å². The van der Waals surface area contributed by atoms with Gasteiger partial charge in [-0.15, -0.1) is 0 Å². The highest BCUT2D eigenvalue weighted by Gasteiger charge is 2.26. The standard InChI is InChI=1S/C18H28N6O2/c1-14(2)23-9-15(7-20-23)8-22-10-16-5-6-19-24(16)17(11-22)12-26-13-18(25)21(3)4/h5-7,9,14,17H,8,10-13H2,1-4H3. The van der Waals surface area contributed by atoms with Crippen LogP contribution in [0.4, 0.5) is 0 Å². The fraction of sp³-hybridized carbons (Fsp3) is 0.611. The van der Waals surface area contributed by atoms with Crippen LogP contribution in [0.15, 0.2) is 24.7 Å². The Morgan fingerprint density at radius 1 is 1.38 bits per heavy atom. The first kappa shape index (κ1) is 18.6. The summed E-state index contributed by atoms with van der Waals surface area (Å²) in [5, 5.41) is 8.86. The summed E-state index contributed by atoms with van der Waals surface area (Å²) >= 11 is 0. The molecule has 8 nitrogen and oxygen atoms in total. The summed E-state index contributed by atoms with van der Waals surface area (Å²) in [6.07, 6.45) is 5.87. The minimum atomic E-state index is -0.0283. The Hall–Kier alpha value is -2.19. The number of likely N-dealkylation sites (N-methyl/N-ethyl adjacent to an activating group) is 1. The van der Waals surface area contributed by atoms with E-state index in [0.29, 0.717) is 12.6 Å². The predicted molar refractivity (Wildman–Crippen MR) is 97.5 cm³/mol. The van der Waals surface area contributed by atoms with Crippen LogP contribution >= 0.6 is 0 Å². The largest absolute Gasteiger partial charge is 0.369 e. The van der Waals surface area contributed by atoms with Crippen LogP contribution < -0.4 is 0 Å². The maximum absolute atomic E-state index is 11.7. The average Bonchev–Trinajstić information content (AvgIpc) is 3.23. The minimum Gasteiger partial charge on any atom is -0.369 e. The van der Waals surface area contributed by atoms with Crippen LogP contribution in [0.1, 0.15) is 37.2 Å². The molecule has 1 aliphatic heterocycles. The summed E-state index contributed by atoms with van der Waals surface area (Å²) < 4.78 is 9.67. The highest BCUT2D eigenvalue weighted by Crippen LogP contribution is 2.22. The summed E-state index contributed by atoms with van der Waals surface area (Å²) in [7, 11) is 3.47. The van der Waals surface area contributed by atoms with Gasteiger partial charge in [0.1, 0.15) is 6.61 Å². The number of hydrogen-bond acceptors (Lipinski definition) is 5. The quantitative estimate of drug-likeness (QED) is 0.745. The van der Waals surface area contributed by atoms with E-state index in [0.717, 1.165) is 19.6 Å². The SMILES string of the molecule is CC(C)n1cc(CN2Cc3ccnn3C(COCC(=O)N(C)C)C2)cn1. The van der Waals surface area contributed by atoms with Gasteiger partial charge in [0.05, 0.1) is 24.5 Å². The molecule has 1 unspecified atom stereocenters. The number of ether oxygens (including phenoxy) is 1. The first-order valence-corrected chi connectivity index (χ1v) is 8.99. The fourth-order valence-electron chi connectivity index (χ4n) is 3.12. The van der Waals surface area contributed by atoms with E-state index in [2.05, 4.69) is 35.1 Å². The van der Waals surface area contributed by atoms with Gasteiger partial charge in [-0.2, -0.15) is 10.2 Å². The molecule has 0 bridgehead atoms. The Bertz CT molecular complexity index is 736. The van der Waals surface area contributed by atoms with Crippen molar-refractivity contribution in [1.82, 2.24) is 29.4 Å². The van der Waals surface area contributed by atoms with Crippen LogP contribution in [0, 0.1) is 0 Å². The Balaban J connectivity index is 1.62. The lowest BCUT2D eigenvalue weighted by atomic mass is 10.2. The second kappa shape index (κ2) is 8.01. The van der Waals surface area contributed by atoms with Crippen molar-refractivity contribution >= 4 is 5.91 Å². The second-order valence-electron chi connectivity index (χ2n) is 7.32. The van der Waals surface area contributed by atoms with Gasteiger partial charge in [-0.3, -0.25) is 19.1 Å². The van der Waals surface area contributed by atoms with E-state index in [1.54, 1.807) is 19.0 Å². The number of aromatic nitrogens is 4. The Morgan fingerprint density at radius 3 is 2.88 bits per heavy atom. The highest BCUT2D eigenvalue weighted by molar-refractivity contribution is 5.76. The van der Waals surface area contributed by atoms with Crippen molar-refractivity contribution in [1.29, 1.82) is 0 Å². The summed E-state index contributed by atoms with van der Waals surface area (Å²) in [5.74, 6) is -0.0283. The van der Waals surface area contributed by atoms with Gasteiger partial charge in [0, 0.05) is 57.7 Å². The smallest absolute Gasteiger partial charge is 0.248 e. The molecular weight excluding hydrogens is 332 g/mol. The highest BCUT2D eigenvalue weighted by atomic mass is 16.5. The fourth-order valence-corrected chi connectivity index (χ4v) is 3.12. The van der Waals surface area contributed by atoms with Crippen molar-refractivity contribution in [2.24, 2.45) is 0 Å². The Morgan fingerprint density at radius 2 is 2.19 bits per heavy atom. The maximum atomic E-state index is 11.7. The first-order chi connectivity index (χ1) is 12.4. The summed E-state index contributed by atoms with van der Waals surface area (Å²) in [5.41, 5.74) is 2.37. The van der Waals surface area contributed by atoms with E-state index in [4.69, 9.17) is 4.74 Å². The molecule has 3 heterocycles. The molecule has 0 saturated heterocycles. The molecule has 0 saturated carbocycles. The van der Waals surface area contributed by atoms with Gasteiger partial charge in [0.2, 0.25) is 5.91 Å². The summed E-state index contributed by atoms with van der Waals surface area (Å²) in [6.45, 7) is 7.33. The lowest BCUT2D eigenvalue weighted by Gasteiger charge is -2.33. The Kier molecular flexibility index (Phi) is 5.73. The molecule has 2 aromatic heterocycles. The van der Waals surface area contributed by atoms with E-state index in [1.807, 2.05) is 27.8 Å². The molecule has 0 spiro atoms. The zero-order valence-electron chi connectivity index (χ0n) is 16.0. The van der Waals surface area contributed by atoms with Crippen LogP contribution in [0.25, 0.3) is 0 Å². The molecule has 1 atom stereocenters. The summed E-state index contributed by atoms with van der Waals surface area (Å²) in [4.78, 5) is 15.6. The van der Waals surface area contributed by atoms with Gasteiger partial charge in [-0.05, 0) is 19.9 Å². The van der Waals surface area contributed by atoms with Gasteiger partial charge in [0.15, 0.2) is 0 Å². The van der Waals surface area contributed by atoms with Crippen molar-refractivity contribution in [2.75, 3.05) is 33.9 Å². The second-order valence-corrected chi connectivity index (χ2v) is 7.32. The lowest BCUT2D eigenvalue weighted by Crippen LogP contribution is -2.39. The third kappa shape index (κ3) is 4.31. The van der Waals surface area contributed by atoms with E-state index in [1.165, 1.54) is 11.3 Å². The zero-order chi connectivity index (χ0) is 18.7. The number of carbonyl (C=O) groups excluding carboxylic acids is 1. The minimum absolute atomic E-state index is 0.0283. The molecule has 8 heteroatoms. The molecular formula is C18H28N6O2. The molecule has 26 heavy (non-hydrogen) atoms. The first-order valence-electron chi connectivity index (χ1n) is 8.99. The van der Waals surface area contributed by atoms with Gasteiger partial charge < -0.3 is 9.64 Å². The van der Waals surface area contributed by atoms with Gasteiger partial charge >= 0.3 is 0 Å². The number of hydrogen-bond donors (Lipinski definition) is 0. The topological polar surface area (TPSA) is 68.4 Å². The molecule has 0 aliphatic carbocycles. The van der Waals surface area contributed by atoms with Crippen LogP contribution in [0.3, 0.4) is 0 Å².